The number of hydrogen-bond donors (Lipinski definition) is 1. The van der Waals surface area contributed by atoms with Crippen molar-refractivity contribution in [1.29, 1.82) is 0 Å². The molecule has 2 rings (SSSR count). The van der Waals surface area contributed by atoms with Gasteiger partial charge in [-0.15, -0.1) is 0 Å². The minimum Gasteiger partial charge on any atom is -0.350 e. The van der Waals surface area contributed by atoms with Gasteiger partial charge in [0.25, 0.3) is 0 Å². The number of carbonyl (C=O) groups is 2. The quantitative estimate of drug-likeness (QED) is 0.595. The summed E-state index contributed by atoms with van der Waals surface area (Å²) in [5.41, 5.74) is 1.52. The molecule has 0 radical (unpaired) electrons. The molecule has 30 heavy (non-hydrogen) atoms. The first-order valence-corrected chi connectivity index (χ1v) is 11.0. The maximum Gasteiger partial charge on any atom is 0.243 e. The van der Waals surface area contributed by atoms with Gasteiger partial charge in [-0.25, -0.2) is 0 Å². The van der Waals surface area contributed by atoms with Crippen molar-refractivity contribution in [2.75, 3.05) is 6.54 Å². The third kappa shape index (κ3) is 7.33. The molecule has 0 fully saturated rings. The average Bonchev–Trinajstić information content (AvgIpc) is 2.67. The van der Waals surface area contributed by atoms with Gasteiger partial charge in [0.2, 0.25) is 11.8 Å². The Labute approximate surface area is 189 Å². The van der Waals surface area contributed by atoms with Gasteiger partial charge in [0.1, 0.15) is 6.04 Å². The molecular weight excluding hydrogens is 419 g/mol. The predicted octanol–water partition coefficient (Wildman–Crippen LogP) is 5.30. The van der Waals surface area contributed by atoms with Gasteiger partial charge < -0.3 is 10.2 Å². The van der Waals surface area contributed by atoms with Crippen molar-refractivity contribution in [2.45, 2.75) is 58.5 Å². The first kappa shape index (κ1) is 24.2. The molecule has 4 nitrogen and oxygen atoms in total. The van der Waals surface area contributed by atoms with E-state index in [1.165, 1.54) is 0 Å². The van der Waals surface area contributed by atoms with E-state index >= 15 is 0 Å². The number of halogens is 2. The van der Waals surface area contributed by atoms with Gasteiger partial charge in [-0.3, -0.25) is 9.59 Å². The van der Waals surface area contributed by atoms with Crippen LogP contribution in [0, 0.1) is 0 Å². The predicted molar refractivity (Wildman–Crippen MR) is 124 cm³/mol. The molecule has 2 aromatic rings. The molecule has 0 aliphatic heterocycles. The Kier molecular flexibility index (Phi) is 8.75. The molecule has 0 spiro atoms. The Hall–Kier alpha value is -2.04. The van der Waals surface area contributed by atoms with Gasteiger partial charge >= 0.3 is 0 Å². The van der Waals surface area contributed by atoms with Crippen molar-refractivity contribution in [1.82, 2.24) is 10.2 Å². The van der Waals surface area contributed by atoms with Crippen LogP contribution < -0.4 is 5.32 Å². The second-order valence-corrected chi connectivity index (χ2v) is 9.23. The molecule has 1 N–H and O–H groups in total. The van der Waals surface area contributed by atoms with Crippen LogP contribution in [0.2, 0.25) is 10.0 Å². The highest BCUT2D eigenvalue weighted by Crippen LogP contribution is 2.23. The van der Waals surface area contributed by atoms with Crippen LogP contribution in [-0.4, -0.2) is 34.8 Å². The molecule has 0 saturated heterocycles. The fourth-order valence-electron chi connectivity index (χ4n) is 3.27. The number of hydrogen-bond acceptors (Lipinski definition) is 2. The summed E-state index contributed by atoms with van der Waals surface area (Å²) < 4.78 is 0. The van der Waals surface area contributed by atoms with Crippen LogP contribution >= 0.6 is 23.2 Å². The minimum absolute atomic E-state index is 0.111. The standard InChI is InChI=1S/C24H30Cl2N2O2/c1-5-21(23(30)27-24(2,3)4)28(14-13-17-9-7-6-8-10-17)22(29)16-18-11-12-19(25)20(26)15-18/h6-12,15,21H,5,13-14,16H2,1-4H3,(H,27,30)/t21-/m1/s1. The van der Waals surface area contributed by atoms with E-state index in [9.17, 15) is 9.59 Å². The van der Waals surface area contributed by atoms with E-state index in [0.29, 0.717) is 29.4 Å². The fourth-order valence-corrected chi connectivity index (χ4v) is 3.60. The van der Waals surface area contributed by atoms with Gasteiger partial charge in [-0.2, -0.15) is 0 Å². The number of amides is 2. The topological polar surface area (TPSA) is 49.4 Å². The van der Waals surface area contributed by atoms with E-state index in [4.69, 9.17) is 23.2 Å². The zero-order chi connectivity index (χ0) is 22.3. The lowest BCUT2D eigenvalue weighted by atomic mass is 10.0. The molecule has 0 saturated carbocycles. The highest BCUT2D eigenvalue weighted by Gasteiger charge is 2.30. The van der Waals surface area contributed by atoms with Crippen LogP contribution in [0.4, 0.5) is 0 Å². The van der Waals surface area contributed by atoms with E-state index in [2.05, 4.69) is 5.32 Å². The summed E-state index contributed by atoms with van der Waals surface area (Å²) in [6.45, 7) is 8.19. The molecule has 6 heteroatoms. The maximum absolute atomic E-state index is 13.3. The summed E-state index contributed by atoms with van der Waals surface area (Å²) >= 11 is 12.1. The molecule has 0 unspecified atom stereocenters. The number of carbonyl (C=O) groups excluding carboxylic acids is 2. The molecule has 0 aromatic heterocycles. The molecule has 0 aliphatic rings. The maximum atomic E-state index is 13.3. The third-order valence-corrected chi connectivity index (χ3v) is 5.45. The average molecular weight is 449 g/mol. The molecule has 0 bridgehead atoms. The Morgan fingerprint density at radius 1 is 1.00 bits per heavy atom. The van der Waals surface area contributed by atoms with Crippen molar-refractivity contribution in [3.63, 3.8) is 0 Å². The fraction of sp³-hybridized carbons (Fsp3) is 0.417. The zero-order valence-electron chi connectivity index (χ0n) is 18.0. The summed E-state index contributed by atoms with van der Waals surface area (Å²) in [6.07, 6.45) is 1.36. The molecule has 0 aliphatic carbocycles. The van der Waals surface area contributed by atoms with E-state index in [0.717, 1.165) is 11.1 Å². The summed E-state index contributed by atoms with van der Waals surface area (Å²) in [6, 6.07) is 14.6. The Morgan fingerprint density at radius 3 is 2.23 bits per heavy atom. The van der Waals surface area contributed by atoms with Gasteiger partial charge in [0.05, 0.1) is 16.5 Å². The molecule has 162 valence electrons. The highest BCUT2D eigenvalue weighted by atomic mass is 35.5. The van der Waals surface area contributed by atoms with E-state index < -0.39 is 6.04 Å². The number of rotatable bonds is 8. The van der Waals surface area contributed by atoms with E-state index in [1.54, 1.807) is 23.1 Å². The van der Waals surface area contributed by atoms with Crippen LogP contribution in [0.15, 0.2) is 48.5 Å². The first-order chi connectivity index (χ1) is 14.1. The SMILES string of the molecule is CC[C@H](C(=O)NC(C)(C)C)N(CCc1ccccc1)C(=O)Cc1ccc(Cl)c(Cl)c1. The minimum atomic E-state index is -0.539. The monoisotopic (exact) mass is 448 g/mol. The molecular formula is C24H30Cl2N2O2. The molecule has 2 aromatic carbocycles. The normalized spacial score (nSPS) is 12.3. The molecule has 0 heterocycles. The van der Waals surface area contributed by atoms with Gasteiger partial charge in [0.15, 0.2) is 0 Å². The van der Waals surface area contributed by atoms with Gasteiger partial charge in [-0.1, -0.05) is 66.5 Å². The second kappa shape index (κ2) is 10.8. The number of nitrogens with zero attached hydrogens (tertiary/aromatic N) is 1. The summed E-state index contributed by atoms with van der Waals surface area (Å²) in [7, 11) is 0. The van der Waals surface area contributed by atoms with Crippen molar-refractivity contribution < 1.29 is 9.59 Å². The van der Waals surface area contributed by atoms with Crippen molar-refractivity contribution in [3.05, 3.63) is 69.7 Å². The number of benzene rings is 2. The Balaban J connectivity index is 2.24. The van der Waals surface area contributed by atoms with Crippen molar-refractivity contribution in [3.8, 4) is 0 Å². The van der Waals surface area contributed by atoms with E-state index in [1.807, 2.05) is 58.0 Å². The lowest BCUT2D eigenvalue weighted by Crippen LogP contribution is -2.54. The van der Waals surface area contributed by atoms with Crippen LogP contribution in [0.3, 0.4) is 0 Å². The number of nitrogens with one attached hydrogen (secondary N) is 1. The van der Waals surface area contributed by atoms with Gasteiger partial charge in [-0.05, 0) is 56.9 Å². The van der Waals surface area contributed by atoms with Crippen LogP contribution in [-0.2, 0) is 22.4 Å². The third-order valence-electron chi connectivity index (χ3n) is 4.71. The van der Waals surface area contributed by atoms with Crippen LogP contribution in [0.1, 0.15) is 45.2 Å². The highest BCUT2D eigenvalue weighted by molar-refractivity contribution is 6.42. The summed E-state index contributed by atoms with van der Waals surface area (Å²) in [5, 5.41) is 3.87. The first-order valence-electron chi connectivity index (χ1n) is 10.2. The molecule has 2 amide bonds. The molecule has 1 atom stereocenters. The van der Waals surface area contributed by atoms with Crippen LogP contribution in [0.5, 0.6) is 0 Å². The Bertz CT molecular complexity index is 863. The lowest BCUT2D eigenvalue weighted by Gasteiger charge is -2.33. The zero-order valence-corrected chi connectivity index (χ0v) is 19.6. The second-order valence-electron chi connectivity index (χ2n) is 8.41. The van der Waals surface area contributed by atoms with Crippen molar-refractivity contribution >= 4 is 35.0 Å². The summed E-state index contributed by atoms with van der Waals surface area (Å²) in [5.74, 6) is -0.249. The van der Waals surface area contributed by atoms with Crippen molar-refractivity contribution in [2.24, 2.45) is 0 Å². The van der Waals surface area contributed by atoms with Gasteiger partial charge in [0, 0.05) is 12.1 Å². The lowest BCUT2D eigenvalue weighted by molar-refractivity contribution is -0.140. The van der Waals surface area contributed by atoms with E-state index in [-0.39, 0.29) is 23.8 Å². The smallest absolute Gasteiger partial charge is 0.243 e. The summed E-state index contributed by atoms with van der Waals surface area (Å²) in [4.78, 5) is 27.9. The van der Waals surface area contributed by atoms with Crippen LogP contribution in [0.25, 0.3) is 0 Å². The Morgan fingerprint density at radius 2 is 1.67 bits per heavy atom. The largest absolute Gasteiger partial charge is 0.350 e.